The Balaban J connectivity index is 1.40. The number of carbonyl (C=O) groups excluding carboxylic acids is 1. The largest absolute Gasteiger partial charge is 0.348 e. The summed E-state index contributed by atoms with van der Waals surface area (Å²) in [4.78, 5) is 13.4. The van der Waals surface area contributed by atoms with E-state index in [0.717, 1.165) is 33.4 Å². The van der Waals surface area contributed by atoms with Crippen molar-refractivity contribution in [2.24, 2.45) is 0 Å². The van der Waals surface area contributed by atoms with E-state index in [1.165, 1.54) is 10.4 Å². The molecule has 0 spiro atoms. The number of nitrogens with zero attached hydrogens (tertiary/aromatic N) is 1. The van der Waals surface area contributed by atoms with E-state index in [1.807, 2.05) is 55.5 Å². The van der Waals surface area contributed by atoms with Crippen molar-refractivity contribution in [1.82, 2.24) is 9.62 Å². The van der Waals surface area contributed by atoms with E-state index in [9.17, 15) is 13.2 Å². The van der Waals surface area contributed by atoms with Crippen LogP contribution in [-0.2, 0) is 22.0 Å². The normalized spacial score (nSPS) is 18.6. The highest BCUT2D eigenvalue weighted by Crippen LogP contribution is 2.53. The molecule has 1 heterocycles. The molecule has 1 aliphatic heterocycles. The molecule has 1 aliphatic carbocycles. The predicted octanol–water partition coefficient (Wildman–Crippen LogP) is 6.23. The summed E-state index contributed by atoms with van der Waals surface area (Å²) < 4.78 is 43.9. The Labute approximate surface area is 240 Å². The molecule has 41 heavy (non-hydrogen) atoms. The summed E-state index contributed by atoms with van der Waals surface area (Å²) in [5.41, 5.74) is 6.11. The SMILES string of the molecule is Cc1ccc(S(=O)(=O)N2CCC3(C)C(=C(c4ccc(F)c(C(=O)NCc5ccccc5)c4)c4ccccc43)C2)cc1. The minimum Gasteiger partial charge on any atom is -0.348 e. The predicted molar refractivity (Wildman–Crippen MR) is 158 cm³/mol. The van der Waals surface area contributed by atoms with Crippen LogP contribution in [0.15, 0.2) is 108 Å². The Hall–Kier alpha value is -4.07. The molecule has 4 aromatic carbocycles. The molecule has 1 atom stereocenters. The molecule has 0 radical (unpaired) electrons. The lowest BCUT2D eigenvalue weighted by molar-refractivity contribution is 0.0947. The molecular formula is C34H31FN2O3S. The molecule has 0 saturated carbocycles. The third-order valence-corrected chi connectivity index (χ3v) is 10.3. The molecule has 1 N–H and O–H groups in total. The molecule has 6 rings (SSSR count). The van der Waals surface area contributed by atoms with Crippen LogP contribution in [0.25, 0.3) is 5.57 Å². The van der Waals surface area contributed by atoms with Gasteiger partial charge in [-0.15, -0.1) is 0 Å². The first-order valence-electron chi connectivity index (χ1n) is 13.7. The maximum absolute atomic E-state index is 15.0. The second kappa shape index (κ2) is 10.4. The second-order valence-electron chi connectivity index (χ2n) is 11.0. The molecule has 2 aliphatic rings. The minimum atomic E-state index is -3.72. The van der Waals surface area contributed by atoms with Gasteiger partial charge in [0.25, 0.3) is 5.91 Å². The summed E-state index contributed by atoms with van der Waals surface area (Å²) >= 11 is 0. The number of nitrogens with one attached hydrogen (secondary N) is 1. The molecular weight excluding hydrogens is 535 g/mol. The van der Waals surface area contributed by atoms with Gasteiger partial charge in [0.2, 0.25) is 10.0 Å². The van der Waals surface area contributed by atoms with E-state index >= 15 is 4.39 Å². The van der Waals surface area contributed by atoms with Crippen LogP contribution in [0, 0.1) is 12.7 Å². The van der Waals surface area contributed by atoms with Crippen molar-refractivity contribution in [3.8, 4) is 0 Å². The van der Waals surface area contributed by atoms with Crippen molar-refractivity contribution in [1.29, 1.82) is 0 Å². The number of benzene rings is 4. The summed E-state index contributed by atoms with van der Waals surface area (Å²) in [6, 6.07) is 29.0. The minimum absolute atomic E-state index is 0.0439. The van der Waals surface area contributed by atoms with Gasteiger partial charge in [-0.25, -0.2) is 12.8 Å². The number of carbonyl (C=O) groups is 1. The van der Waals surface area contributed by atoms with Gasteiger partial charge < -0.3 is 5.32 Å². The monoisotopic (exact) mass is 566 g/mol. The van der Waals surface area contributed by atoms with Crippen LogP contribution < -0.4 is 5.32 Å². The van der Waals surface area contributed by atoms with Crippen LogP contribution in [0.4, 0.5) is 4.39 Å². The van der Waals surface area contributed by atoms with Gasteiger partial charge in [-0.05, 0) is 71.0 Å². The van der Waals surface area contributed by atoms with E-state index in [1.54, 1.807) is 36.4 Å². The smallest absolute Gasteiger partial charge is 0.254 e. The molecule has 5 nitrogen and oxygen atoms in total. The summed E-state index contributed by atoms with van der Waals surface area (Å²) in [7, 11) is -3.72. The summed E-state index contributed by atoms with van der Waals surface area (Å²) in [5, 5.41) is 2.82. The summed E-state index contributed by atoms with van der Waals surface area (Å²) in [5.74, 6) is -1.11. The van der Waals surface area contributed by atoms with Crippen LogP contribution in [0.1, 0.15) is 51.5 Å². The number of hydrogen-bond acceptors (Lipinski definition) is 3. The van der Waals surface area contributed by atoms with E-state index in [-0.39, 0.29) is 29.0 Å². The average Bonchev–Trinajstić information content (AvgIpc) is 3.25. The first-order chi connectivity index (χ1) is 19.7. The highest BCUT2D eigenvalue weighted by Gasteiger charge is 2.46. The molecule has 0 bridgehead atoms. The van der Waals surface area contributed by atoms with Crippen molar-refractivity contribution in [2.75, 3.05) is 13.1 Å². The fourth-order valence-corrected chi connectivity index (χ4v) is 7.46. The van der Waals surface area contributed by atoms with Crippen molar-refractivity contribution >= 4 is 21.5 Å². The van der Waals surface area contributed by atoms with Gasteiger partial charge in [-0.2, -0.15) is 4.31 Å². The van der Waals surface area contributed by atoms with Gasteiger partial charge in [0, 0.05) is 25.0 Å². The first-order valence-corrected chi connectivity index (χ1v) is 15.1. The Morgan fingerprint density at radius 1 is 0.951 bits per heavy atom. The van der Waals surface area contributed by atoms with E-state index in [2.05, 4.69) is 18.3 Å². The van der Waals surface area contributed by atoms with Gasteiger partial charge >= 0.3 is 0 Å². The Morgan fingerprint density at radius 2 is 1.66 bits per heavy atom. The average molecular weight is 567 g/mol. The standard InChI is InChI=1S/C34H31FN2O3S/c1-23-12-15-26(16-13-23)41(39,40)37-19-18-34(2)29-11-7-6-10-27(29)32(30(34)22-37)25-14-17-31(35)28(20-25)33(38)36-21-24-8-4-3-5-9-24/h3-17,20H,18-19,21-22H2,1-2H3,(H,36,38). The topological polar surface area (TPSA) is 66.5 Å². The highest BCUT2D eigenvalue weighted by atomic mass is 32.2. The van der Waals surface area contributed by atoms with Crippen molar-refractivity contribution in [3.05, 3.63) is 142 Å². The zero-order valence-electron chi connectivity index (χ0n) is 23.0. The number of rotatable bonds is 6. The Morgan fingerprint density at radius 3 is 2.41 bits per heavy atom. The van der Waals surface area contributed by atoms with E-state index in [4.69, 9.17) is 0 Å². The number of fused-ring (bicyclic) bond motifs is 3. The second-order valence-corrected chi connectivity index (χ2v) is 12.9. The number of hydrogen-bond donors (Lipinski definition) is 1. The molecule has 1 fully saturated rings. The van der Waals surface area contributed by atoms with Crippen LogP contribution in [0.2, 0.25) is 0 Å². The van der Waals surface area contributed by atoms with Gasteiger partial charge in [0.1, 0.15) is 5.82 Å². The number of aryl methyl sites for hydroxylation is 1. The van der Waals surface area contributed by atoms with Gasteiger partial charge in [-0.1, -0.05) is 85.3 Å². The Kier molecular flexibility index (Phi) is 6.88. The van der Waals surface area contributed by atoms with Crippen LogP contribution in [0.5, 0.6) is 0 Å². The lowest BCUT2D eigenvalue weighted by atomic mass is 9.74. The zero-order chi connectivity index (χ0) is 28.8. The number of amides is 1. The van der Waals surface area contributed by atoms with Crippen molar-refractivity contribution in [3.63, 3.8) is 0 Å². The molecule has 0 aromatic heterocycles. The molecule has 1 saturated heterocycles. The van der Waals surface area contributed by atoms with E-state index < -0.39 is 21.7 Å². The van der Waals surface area contributed by atoms with Crippen LogP contribution in [-0.4, -0.2) is 31.7 Å². The third kappa shape index (κ3) is 4.79. The van der Waals surface area contributed by atoms with Crippen molar-refractivity contribution < 1.29 is 17.6 Å². The van der Waals surface area contributed by atoms with Crippen molar-refractivity contribution in [2.45, 2.75) is 37.1 Å². The third-order valence-electron chi connectivity index (χ3n) is 8.41. The number of sulfonamides is 1. The number of piperidine rings is 1. The highest BCUT2D eigenvalue weighted by molar-refractivity contribution is 7.89. The maximum atomic E-state index is 15.0. The summed E-state index contributed by atoms with van der Waals surface area (Å²) in [6.07, 6.45) is 0.611. The zero-order valence-corrected chi connectivity index (χ0v) is 23.8. The fraction of sp³-hybridized carbons (Fsp3) is 0.206. The molecule has 1 amide bonds. The quantitative estimate of drug-likeness (QED) is 0.301. The van der Waals surface area contributed by atoms with E-state index in [0.29, 0.717) is 18.5 Å². The molecule has 208 valence electrons. The van der Waals surface area contributed by atoms with Crippen LogP contribution in [0.3, 0.4) is 0 Å². The lowest BCUT2D eigenvalue weighted by Crippen LogP contribution is -2.44. The molecule has 1 unspecified atom stereocenters. The summed E-state index contributed by atoms with van der Waals surface area (Å²) in [6.45, 7) is 4.96. The molecule has 7 heteroatoms. The van der Waals surface area contributed by atoms with Gasteiger partial charge in [-0.3, -0.25) is 4.79 Å². The maximum Gasteiger partial charge on any atom is 0.254 e. The molecule has 4 aromatic rings. The van der Waals surface area contributed by atoms with Gasteiger partial charge in [0.05, 0.1) is 10.5 Å². The first kappa shape index (κ1) is 27.1. The fourth-order valence-electron chi connectivity index (χ4n) is 6.05. The lowest BCUT2D eigenvalue weighted by Gasteiger charge is -2.39. The Bertz CT molecular complexity index is 1780. The van der Waals surface area contributed by atoms with Gasteiger partial charge in [0.15, 0.2) is 0 Å². The number of halogens is 1. The van der Waals surface area contributed by atoms with Crippen LogP contribution >= 0.6 is 0 Å².